The molecule has 0 bridgehead atoms. The third-order valence-electron chi connectivity index (χ3n) is 11.8. The van der Waals surface area contributed by atoms with Gasteiger partial charge in [-0.15, -0.1) is 0 Å². The summed E-state index contributed by atoms with van der Waals surface area (Å²) in [7, 11) is 0. The quantitative estimate of drug-likeness (QED) is 0.174. The number of rotatable bonds is 5. The first-order valence-corrected chi connectivity index (χ1v) is 19.3. The van der Waals surface area contributed by atoms with E-state index in [9.17, 15) is 0 Å². The van der Waals surface area contributed by atoms with Crippen LogP contribution in [0.3, 0.4) is 0 Å². The lowest BCUT2D eigenvalue weighted by Crippen LogP contribution is -2.00. The zero-order valence-corrected chi connectivity index (χ0v) is 30.5. The number of ether oxygens (including phenoxy) is 1. The fourth-order valence-electron chi connectivity index (χ4n) is 9.20. The average Bonchev–Trinajstić information content (AvgIpc) is 3.76. The van der Waals surface area contributed by atoms with E-state index in [2.05, 4.69) is 203 Å². The molecular formula is C53H34N2O. The number of hydrogen-bond acceptors (Lipinski definition) is 1. The minimum absolute atomic E-state index is 0.789. The molecule has 0 saturated heterocycles. The zero-order chi connectivity index (χ0) is 36.7. The van der Waals surface area contributed by atoms with Gasteiger partial charge in [0.2, 0.25) is 0 Å². The van der Waals surface area contributed by atoms with Gasteiger partial charge < -0.3 is 13.9 Å². The summed E-state index contributed by atoms with van der Waals surface area (Å²) < 4.78 is 11.6. The summed E-state index contributed by atoms with van der Waals surface area (Å²) in [6.45, 7) is 0.789. The molecule has 3 heteroatoms. The standard InChI is InChI=1S/C53H34N2O/c1-3-12-35(13-4-1)37-27-29-47-44(30-37)40-16-7-9-19-46(40)54(47)33-34-22-24-36(25-23-34)38-26-28-41-45-32-49-52(43-18-11-21-50(53(43)45)56-51(41)31-38)42-17-8-10-20-48(42)55(49)39-14-5-2-6-15-39/h1-32H,33H2. The maximum atomic E-state index is 6.77. The molecular weight excluding hydrogens is 681 g/mol. The van der Waals surface area contributed by atoms with Crippen LogP contribution in [0.2, 0.25) is 0 Å². The van der Waals surface area contributed by atoms with Crippen molar-refractivity contribution in [3.05, 3.63) is 200 Å². The first-order chi connectivity index (χ1) is 27.8. The number of fused-ring (bicyclic) bond motifs is 9. The Labute approximate surface area is 323 Å². The summed E-state index contributed by atoms with van der Waals surface area (Å²) in [5.74, 6) is 1.78. The molecule has 262 valence electrons. The van der Waals surface area contributed by atoms with Gasteiger partial charge in [0.1, 0.15) is 11.5 Å². The lowest BCUT2D eigenvalue weighted by atomic mass is 9.90. The predicted octanol–water partition coefficient (Wildman–Crippen LogP) is 14.2. The van der Waals surface area contributed by atoms with Crippen LogP contribution in [0.4, 0.5) is 0 Å². The van der Waals surface area contributed by atoms with E-state index in [1.807, 2.05) is 0 Å². The monoisotopic (exact) mass is 714 g/mol. The summed E-state index contributed by atoms with van der Waals surface area (Å²) in [6.07, 6.45) is 0. The molecule has 11 aromatic rings. The molecule has 0 radical (unpaired) electrons. The fraction of sp³-hybridized carbons (Fsp3) is 0.0189. The minimum Gasteiger partial charge on any atom is -0.456 e. The average molecular weight is 715 g/mol. The molecule has 0 N–H and O–H groups in total. The number of hydrogen-bond donors (Lipinski definition) is 0. The molecule has 2 aromatic heterocycles. The van der Waals surface area contributed by atoms with Crippen molar-refractivity contribution in [1.82, 2.24) is 9.13 Å². The highest BCUT2D eigenvalue weighted by Gasteiger charge is 2.25. The molecule has 3 heterocycles. The second kappa shape index (κ2) is 12.1. The molecule has 3 nitrogen and oxygen atoms in total. The van der Waals surface area contributed by atoms with Crippen molar-refractivity contribution in [3.8, 4) is 50.6 Å². The number of para-hydroxylation sites is 3. The van der Waals surface area contributed by atoms with Gasteiger partial charge in [-0.05, 0) is 99.4 Å². The summed E-state index contributed by atoms with van der Waals surface area (Å²) in [5, 5.41) is 7.45. The van der Waals surface area contributed by atoms with Gasteiger partial charge in [0.25, 0.3) is 0 Å². The van der Waals surface area contributed by atoms with Crippen LogP contribution in [0.5, 0.6) is 11.5 Å². The summed E-state index contributed by atoms with van der Waals surface area (Å²) in [4.78, 5) is 0. The van der Waals surface area contributed by atoms with E-state index < -0.39 is 0 Å². The van der Waals surface area contributed by atoms with Crippen molar-refractivity contribution >= 4 is 54.4 Å². The predicted molar refractivity (Wildman–Crippen MR) is 233 cm³/mol. The molecule has 9 aromatic carbocycles. The van der Waals surface area contributed by atoms with Crippen LogP contribution in [0.25, 0.3) is 93.5 Å². The Morgan fingerprint density at radius 3 is 1.84 bits per heavy atom. The highest BCUT2D eigenvalue weighted by molar-refractivity contribution is 6.26. The summed E-state index contributed by atoms with van der Waals surface area (Å²) >= 11 is 0. The van der Waals surface area contributed by atoms with Crippen LogP contribution in [-0.2, 0) is 6.54 Å². The largest absolute Gasteiger partial charge is 0.456 e. The lowest BCUT2D eigenvalue weighted by Gasteiger charge is -2.23. The SMILES string of the molecule is c1ccc(-c2ccc3c(c2)c2ccccc2n3Cc2ccc(-c3ccc4c(c3)Oc3cccc5c3c-4cc3c5c4ccccc4n3-c3ccccc3)cc2)cc1. The zero-order valence-electron chi connectivity index (χ0n) is 30.5. The maximum Gasteiger partial charge on any atom is 0.135 e. The summed E-state index contributed by atoms with van der Waals surface area (Å²) in [6, 6.07) is 70.3. The Morgan fingerprint density at radius 1 is 0.357 bits per heavy atom. The first kappa shape index (κ1) is 31.0. The summed E-state index contributed by atoms with van der Waals surface area (Å²) in [5.41, 5.74) is 14.4. The molecule has 0 atom stereocenters. The van der Waals surface area contributed by atoms with Gasteiger partial charge in [0.05, 0.1) is 11.0 Å². The van der Waals surface area contributed by atoms with E-state index in [0.29, 0.717) is 0 Å². The van der Waals surface area contributed by atoms with Crippen molar-refractivity contribution in [2.45, 2.75) is 6.54 Å². The van der Waals surface area contributed by atoms with Gasteiger partial charge in [0.15, 0.2) is 0 Å². The van der Waals surface area contributed by atoms with E-state index in [1.54, 1.807) is 0 Å². The Hall–Kier alpha value is -7.36. The van der Waals surface area contributed by atoms with Crippen LogP contribution >= 0.6 is 0 Å². The highest BCUT2D eigenvalue weighted by atomic mass is 16.5. The minimum atomic E-state index is 0.789. The normalized spacial score (nSPS) is 12.1. The fourth-order valence-corrected chi connectivity index (χ4v) is 9.20. The van der Waals surface area contributed by atoms with Gasteiger partial charge in [0, 0.05) is 55.8 Å². The Bertz CT molecular complexity index is 3340. The van der Waals surface area contributed by atoms with E-state index >= 15 is 0 Å². The van der Waals surface area contributed by atoms with Crippen LogP contribution in [0.1, 0.15) is 5.56 Å². The van der Waals surface area contributed by atoms with Crippen molar-refractivity contribution in [1.29, 1.82) is 0 Å². The first-order valence-electron chi connectivity index (χ1n) is 19.3. The second-order valence-electron chi connectivity index (χ2n) is 14.9. The molecule has 1 aliphatic heterocycles. The van der Waals surface area contributed by atoms with Crippen LogP contribution in [-0.4, -0.2) is 9.13 Å². The number of benzene rings is 9. The molecule has 12 rings (SSSR count). The smallest absolute Gasteiger partial charge is 0.135 e. The Kier molecular flexibility index (Phi) is 6.69. The molecule has 0 spiro atoms. The van der Waals surface area contributed by atoms with E-state index in [1.165, 1.54) is 82.2 Å². The van der Waals surface area contributed by atoms with E-state index in [0.717, 1.165) is 34.9 Å². The molecule has 0 unspecified atom stereocenters. The van der Waals surface area contributed by atoms with Crippen molar-refractivity contribution < 1.29 is 4.74 Å². The van der Waals surface area contributed by atoms with Crippen LogP contribution in [0.15, 0.2) is 194 Å². The second-order valence-corrected chi connectivity index (χ2v) is 14.9. The van der Waals surface area contributed by atoms with Crippen molar-refractivity contribution in [2.75, 3.05) is 0 Å². The number of aromatic nitrogens is 2. The lowest BCUT2D eigenvalue weighted by molar-refractivity contribution is 0.487. The van der Waals surface area contributed by atoms with Crippen LogP contribution < -0.4 is 4.74 Å². The molecule has 0 saturated carbocycles. The van der Waals surface area contributed by atoms with Gasteiger partial charge in [-0.3, -0.25) is 0 Å². The Balaban J connectivity index is 0.925. The molecule has 56 heavy (non-hydrogen) atoms. The van der Waals surface area contributed by atoms with Crippen LogP contribution in [0, 0.1) is 0 Å². The highest BCUT2D eigenvalue weighted by Crippen LogP contribution is 2.51. The van der Waals surface area contributed by atoms with E-state index in [-0.39, 0.29) is 0 Å². The van der Waals surface area contributed by atoms with Crippen molar-refractivity contribution in [2.24, 2.45) is 0 Å². The third kappa shape index (κ3) is 4.64. The molecule has 0 aliphatic carbocycles. The Morgan fingerprint density at radius 2 is 1.00 bits per heavy atom. The molecule has 0 amide bonds. The van der Waals surface area contributed by atoms with Crippen molar-refractivity contribution in [3.63, 3.8) is 0 Å². The molecule has 0 fully saturated rings. The maximum absolute atomic E-state index is 6.77. The van der Waals surface area contributed by atoms with Gasteiger partial charge >= 0.3 is 0 Å². The van der Waals surface area contributed by atoms with E-state index in [4.69, 9.17) is 4.74 Å². The van der Waals surface area contributed by atoms with Gasteiger partial charge in [-0.1, -0.05) is 133 Å². The number of nitrogens with zero attached hydrogens (tertiary/aromatic N) is 2. The third-order valence-corrected chi connectivity index (χ3v) is 11.8. The van der Waals surface area contributed by atoms with Gasteiger partial charge in [-0.25, -0.2) is 0 Å². The topological polar surface area (TPSA) is 19.1 Å². The van der Waals surface area contributed by atoms with Gasteiger partial charge in [-0.2, -0.15) is 0 Å². The molecule has 1 aliphatic rings.